The molecule has 3 fully saturated rings. The van der Waals surface area contributed by atoms with E-state index in [1.54, 1.807) is 0 Å². The molecule has 27 heavy (non-hydrogen) atoms. The van der Waals surface area contributed by atoms with Crippen LogP contribution in [0.4, 0.5) is 11.4 Å². The minimum Gasteiger partial charge on any atom is -0.378 e. The monoisotopic (exact) mass is 371 g/mol. The van der Waals surface area contributed by atoms with Crippen molar-refractivity contribution in [2.75, 3.05) is 43.1 Å². The van der Waals surface area contributed by atoms with Crippen molar-refractivity contribution < 1.29 is 19.1 Å². The minimum absolute atomic E-state index is 0.164. The van der Waals surface area contributed by atoms with Gasteiger partial charge >= 0.3 is 0 Å². The maximum absolute atomic E-state index is 12.7. The molecule has 1 aromatic carbocycles. The Morgan fingerprint density at radius 3 is 2.41 bits per heavy atom. The first-order valence-electron chi connectivity index (χ1n) is 9.65. The number of benzene rings is 1. The van der Waals surface area contributed by atoms with E-state index >= 15 is 0 Å². The Morgan fingerprint density at radius 2 is 1.74 bits per heavy atom. The second-order valence-electron chi connectivity index (χ2n) is 7.64. The van der Waals surface area contributed by atoms with Gasteiger partial charge in [0.2, 0.25) is 17.7 Å². The third-order valence-electron chi connectivity index (χ3n) is 5.88. The van der Waals surface area contributed by atoms with Crippen molar-refractivity contribution >= 4 is 29.1 Å². The van der Waals surface area contributed by atoms with E-state index in [2.05, 4.69) is 10.2 Å². The predicted molar refractivity (Wildman–Crippen MR) is 100 cm³/mol. The van der Waals surface area contributed by atoms with Crippen molar-refractivity contribution in [3.63, 3.8) is 0 Å². The lowest BCUT2D eigenvalue weighted by Crippen LogP contribution is -2.39. The van der Waals surface area contributed by atoms with Crippen molar-refractivity contribution in [2.45, 2.75) is 32.1 Å². The van der Waals surface area contributed by atoms with Gasteiger partial charge in [-0.2, -0.15) is 0 Å². The standard InChI is InChI=1S/C20H25N3O4/c24-17(14-23-18(25)13-20(19(23)26)7-1-2-8-20)21-15-3-5-16(6-4-15)22-9-11-27-12-10-22/h3-6H,1-2,7-14H2,(H,21,24). The van der Waals surface area contributed by atoms with E-state index in [4.69, 9.17) is 4.74 Å². The third-order valence-corrected chi connectivity index (χ3v) is 5.88. The van der Waals surface area contributed by atoms with Crippen LogP contribution in [-0.4, -0.2) is 55.5 Å². The van der Waals surface area contributed by atoms with Crippen LogP contribution in [0.25, 0.3) is 0 Å². The summed E-state index contributed by atoms with van der Waals surface area (Å²) in [5, 5.41) is 2.79. The van der Waals surface area contributed by atoms with Gasteiger partial charge in [0.15, 0.2) is 0 Å². The number of hydrogen-bond acceptors (Lipinski definition) is 5. The van der Waals surface area contributed by atoms with Crippen LogP contribution in [0, 0.1) is 5.41 Å². The average Bonchev–Trinajstić information content (AvgIpc) is 3.24. The van der Waals surface area contributed by atoms with Crippen LogP contribution in [0.15, 0.2) is 24.3 Å². The molecule has 0 aromatic heterocycles. The Hall–Kier alpha value is -2.41. The highest BCUT2D eigenvalue weighted by Crippen LogP contribution is 2.46. The predicted octanol–water partition coefficient (Wildman–Crippen LogP) is 1.78. The quantitative estimate of drug-likeness (QED) is 0.817. The summed E-state index contributed by atoms with van der Waals surface area (Å²) in [4.78, 5) is 40.7. The van der Waals surface area contributed by atoms with E-state index < -0.39 is 5.41 Å². The molecule has 1 aliphatic carbocycles. The topological polar surface area (TPSA) is 79.0 Å². The maximum Gasteiger partial charge on any atom is 0.244 e. The summed E-state index contributed by atoms with van der Waals surface area (Å²) in [6.45, 7) is 2.94. The maximum atomic E-state index is 12.7. The Balaban J connectivity index is 1.35. The van der Waals surface area contributed by atoms with Crippen LogP contribution in [0.2, 0.25) is 0 Å². The summed E-state index contributed by atoms with van der Waals surface area (Å²) in [6, 6.07) is 7.60. The van der Waals surface area contributed by atoms with Crippen LogP contribution in [-0.2, 0) is 19.1 Å². The number of nitrogens with one attached hydrogen (secondary N) is 1. The molecule has 2 saturated heterocycles. The second kappa shape index (κ2) is 7.31. The molecule has 3 aliphatic rings. The Bertz CT molecular complexity index is 734. The Morgan fingerprint density at radius 1 is 1.07 bits per heavy atom. The molecule has 0 radical (unpaired) electrons. The first-order chi connectivity index (χ1) is 13.1. The summed E-state index contributed by atoms with van der Waals surface area (Å²) >= 11 is 0. The molecule has 1 N–H and O–H groups in total. The fraction of sp³-hybridized carbons (Fsp3) is 0.550. The van der Waals surface area contributed by atoms with Gasteiger partial charge in [0, 0.05) is 30.9 Å². The zero-order valence-electron chi connectivity index (χ0n) is 15.4. The molecule has 4 rings (SSSR count). The van der Waals surface area contributed by atoms with Gasteiger partial charge in [0.25, 0.3) is 0 Å². The fourth-order valence-electron chi connectivity index (χ4n) is 4.38. The number of hydrogen-bond donors (Lipinski definition) is 1. The lowest BCUT2D eigenvalue weighted by Gasteiger charge is -2.28. The van der Waals surface area contributed by atoms with E-state index in [1.807, 2.05) is 24.3 Å². The van der Waals surface area contributed by atoms with E-state index in [0.29, 0.717) is 5.69 Å². The lowest BCUT2D eigenvalue weighted by atomic mass is 9.84. The molecule has 0 unspecified atom stereocenters. The number of carbonyl (C=O) groups is 3. The number of likely N-dealkylation sites (tertiary alicyclic amines) is 1. The van der Waals surface area contributed by atoms with Crippen molar-refractivity contribution in [1.29, 1.82) is 0 Å². The first kappa shape index (κ1) is 18.0. The molecule has 1 saturated carbocycles. The molecule has 144 valence electrons. The number of rotatable bonds is 4. The number of amides is 3. The third kappa shape index (κ3) is 3.56. The van der Waals surface area contributed by atoms with Crippen molar-refractivity contribution in [2.24, 2.45) is 5.41 Å². The van der Waals surface area contributed by atoms with Crippen molar-refractivity contribution in [1.82, 2.24) is 4.90 Å². The molecule has 2 aliphatic heterocycles. The van der Waals surface area contributed by atoms with Crippen LogP contribution in [0.3, 0.4) is 0 Å². The van der Waals surface area contributed by atoms with Crippen LogP contribution in [0.1, 0.15) is 32.1 Å². The van der Waals surface area contributed by atoms with Gasteiger partial charge in [0.1, 0.15) is 6.54 Å². The van der Waals surface area contributed by atoms with Gasteiger partial charge < -0.3 is 15.0 Å². The number of ether oxygens (including phenoxy) is 1. The van der Waals surface area contributed by atoms with Gasteiger partial charge in [-0.3, -0.25) is 19.3 Å². The number of nitrogens with zero attached hydrogens (tertiary/aromatic N) is 2. The van der Waals surface area contributed by atoms with E-state index in [9.17, 15) is 14.4 Å². The SMILES string of the molecule is O=C(CN1C(=O)CC2(CCCC2)C1=O)Nc1ccc(N2CCOCC2)cc1. The number of morpholine rings is 1. The molecule has 1 aromatic rings. The Labute approximate surface area is 158 Å². The number of carbonyl (C=O) groups excluding carboxylic acids is 3. The average molecular weight is 371 g/mol. The highest BCUT2D eigenvalue weighted by atomic mass is 16.5. The summed E-state index contributed by atoms with van der Waals surface area (Å²) in [5.74, 6) is -0.728. The van der Waals surface area contributed by atoms with Crippen molar-refractivity contribution in [3.05, 3.63) is 24.3 Å². The molecule has 7 nitrogen and oxygen atoms in total. The lowest BCUT2D eigenvalue weighted by molar-refractivity contribution is -0.143. The van der Waals surface area contributed by atoms with Gasteiger partial charge in [-0.05, 0) is 37.1 Å². The van der Waals surface area contributed by atoms with Crippen molar-refractivity contribution in [3.8, 4) is 0 Å². The van der Waals surface area contributed by atoms with E-state index in [1.165, 1.54) is 0 Å². The number of imide groups is 1. The first-order valence-corrected chi connectivity index (χ1v) is 9.65. The molecule has 0 bridgehead atoms. The fourth-order valence-corrected chi connectivity index (χ4v) is 4.38. The van der Waals surface area contributed by atoms with Crippen LogP contribution < -0.4 is 10.2 Å². The largest absolute Gasteiger partial charge is 0.378 e. The molecule has 7 heteroatoms. The second-order valence-corrected chi connectivity index (χ2v) is 7.64. The van der Waals surface area contributed by atoms with E-state index in [0.717, 1.165) is 62.6 Å². The molecule has 1 spiro atoms. The van der Waals surface area contributed by atoms with Gasteiger partial charge in [-0.1, -0.05) is 12.8 Å². The number of anilines is 2. The van der Waals surface area contributed by atoms with Crippen LogP contribution >= 0.6 is 0 Å². The molecule has 3 amide bonds. The van der Waals surface area contributed by atoms with Gasteiger partial charge in [0.05, 0.1) is 18.6 Å². The summed E-state index contributed by atoms with van der Waals surface area (Å²) in [6.07, 6.45) is 3.74. The summed E-state index contributed by atoms with van der Waals surface area (Å²) < 4.78 is 5.35. The zero-order valence-corrected chi connectivity index (χ0v) is 15.4. The Kier molecular flexibility index (Phi) is 4.86. The molecule has 2 heterocycles. The molecular formula is C20H25N3O4. The smallest absolute Gasteiger partial charge is 0.244 e. The van der Waals surface area contributed by atoms with E-state index in [-0.39, 0.29) is 30.7 Å². The van der Waals surface area contributed by atoms with Gasteiger partial charge in [-0.15, -0.1) is 0 Å². The molecular weight excluding hydrogens is 346 g/mol. The normalized spacial score (nSPS) is 21.9. The highest BCUT2D eigenvalue weighted by molar-refractivity contribution is 6.09. The zero-order chi connectivity index (χ0) is 18.9. The summed E-state index contributed by atoms with van der Waals surface area (Å²) in [5.41, 5.74) is 1.22. The van der Waals surface area contributed by atoms with Crippen LogP contribution in [0.5, 0.6) is 0 Å². The highest BCUT2D eigenvalue weighted by Gasteiger charge is 2.52. The summed E-state index contributed by atoms with van der Waals surface area (Å²) in [7, 11) is 0. The molecule has 0 atom stereocenters. The van der Waals surface area contributed by atoms with Gasteiger partial charge in [-0.25, -0.2) is 0 Å². The minimum atomic E-state index is -0.531.